The fraction of sp³-hybridized carbons (Fsp3) is 0.500. The first kappa shape index (κ1) is 21.9. The van der Waals surface area contributed by atoms with Crippen LogP contribution in [-0.2, 0) is 16.6 Å². The highest BCUT2D eigenvalue weighted by Gasteiger charge is 2.50. The normalized spacial score (nSPS) is 17.2. The Labute approximate surface area is 160 Å². The standard InChI is InChI=1S/C16H19F4N5O2S/c1-22-15(23-10-12-3-2-11(9-21)8-14(12)17)24-13-4-6-25(7-5-13)28(26,27)16(18,19)20/h2-3,8,13H,4-7,10H2,1H3,(H2,22,23,24). The van der Waals surface area contributed by atoms with E-state index in [0.717, 1.165) is 6.07 Å². The number of halogens is 4. The summed E-state index contributed by atoms with van der Waals surface area (Å²) in [6, 6.07) is 5.62. The number of nitriles is 1. The fourth-order valence-electron chi connectivity index (χ4n) is 2.71. The molecule has 0 atom stereocenters. The van der Waals surface area contributed by atoms with Gasteiger partial charge in [-0.25, -0.2) is 12.8 Å². The minimum absolute atomic E-state index is 0.0819. The third kappa shape index (κ3) is 5.11. The Hall–Kier alpha value is -2.39. The van der Waals surface area contributed by atoms with Crippen molar-refractivity contribution in [2.24, 2.45) is 4.99 Å². The van der Waals surface area contributed by atoms with E-state index in [-0.39, 0.29) is 44.1 Å². The maximum absolute atomic E-state index is 13.9. The number of hydrogen-bond acceptors (Lipinski definition) is 4. The highest BCUT2D eigenvalue weighted by Crippen LogP contribution is 2.28. The van der Waals surface area contributed by atoms with Crippen molar-refractivity contribution in [2.75, 3.05) is 20.1 Å². The second kappa shape index (κ2) is 8.74. The largest absolute Gasteiger partial charge is 0.511 e. The van der Waals surface area contributed by atoms with Crippen molar-refractivity contribution in [3.05, 3.63) is 35.1 Å². The number of aliphatic imine (C=N–C) groups is 1. The Morgan fingerprint density at radius 2 is 2.00 bits per heavy atom. The summed E-state index contributed by atoms with van der Waals surface area (Å²) in [6.45, 7) is -0.444. The van der Waals surface area contributed by atoms with Gasteiger partial charge in [0.25, 0.3) is 0 Å². The molecule has 1 aromatic rings. The number of alkyl halides is 3. The van der Waals surface area contributed by atoms with Gasteiger partial charge in [-0.05, 0) is 25.0 Å². The van der Waals surface area contributed by atoms with Crippen LogP contribution in [0.5, 0.6) is 0 Å². The van der Waals surface area contributed by atoms with Gasteiger partial charge in [-0.2, -0.15) is 22.7 Å². The number of rotatable bonds is 4. The zero-order valence-electron chi connectivity index (χ0n) is 14.9. The van der Waals surface area contributed by atoms with Gasteiger partial charge in [0.15, 0.2) is 5.96 Å². The van der Waals surface area contributed by atoms with Gasteiger partial charge < -0.3 is 10.6 Å². The van der Waals surface area contributed by atoms with Gasteiger partial charge in [0.05, 0.1) is 11.6 Å². The Balaban J connectivity index is 1.89. The second-order valence-electron chi connectivity index (χ2n) is 6.11. The zero-order valence-corrected chi connectivity index (χ0v) is 15.7. The molecule has 28 heavy (non-hydrogen) atoms. The molecule has 0 saturated carbocycles. The first-order valence-corrected chi connectivity index (χ1v) is 9.74. The van der Waals surface area contributed by atoms with Gasteiger partial charge in [-0.15, -0.1) is 0 Å². The van der Waals surface area contributed by atoms with Crippen LogP contribution in [0.3, 0.4) is 0 Å². The number of sulfonamides is 1. The average molecular weight is 421 g/mol. The lowest BCUT2D eigenvalue weighted by atomic mass is 10.1. The molecule has 0 amide bonds. The average Bonchev–Trinajstić information content (AvgIpc) is 2.65. The Kier molecular flexibility index (Phi) is 6.84. The molecule has 0 bridgehead atoms. The predicted octanol–water partition coefficient (Wildman–Crippen LogP) is 1.68. The molecule has 2 rings (SSSR count). The monoisotopic (exact) mass is 421 g/mol. The smallest absolute Gasteiger partial charge is 0.354 e. The van der Waals surface area contributed by atoms with Crippen molar-refractivity contribution in [1.82, 2.24) is 14.9 Å². The van der Waals surface area contributed by atoms with Crippen molar-refractivity contribution >= 4 is 16.0 Å². The summed E-state index contributed by atoms with van der Waals surface area (Å²) in [4.78, 5) is 3.98. The van der Waals surface area contributed by atoms with Crippen LogP contribution in [0.25, 0.3) is 0 Å². The molecule has 1 saturated heterocycles. The van der Waals surface area contributed by atoms with Crippen LogP contribution >= 0.6 is 0 Å². The van der Waals surface area contributed by atoms with Crippen molar-refractivity contribution in [3.63, 3.8) is 0 Å². The summed E-state index contributed by atoms with van der Waals surface area (Å²) in [5, 5.41) is 14.6. The molecule has 0 radical (unpaired) electrons. The van der Waals surface area contributed by atoms with Crippen LogP contribution in [0, 0.1) is 17.1 Å². The highest BCUT2D eigenvalue weighted by atomic mass is 32.2. The molecule has 0 aromatic heterocycles. The van der Waals surface area contributed by atoms with Crippen LogP contribution in [0.15, 0.2) is 23.2 Å². The molecule has 1 fully saturated rings. The third-order valence-electron chi connectivity index (χ3n) is 4.28. The molecule has 12 heteroatoms. The second-order valence-corrected chi connectivity index (χ2v) is 8.04. The summed E-state index contributed by atoms with van der Waals surface area (Å²) in [5.41, 5.74) is -4.80. The third-order valence-corrected chi connectivity index (χ3v) is 5.91. The zero-order chi connectivity index (χ0) is 20.9. The van der Waals surface area contributed by atoms with E-state index in [1.807, 2.05) is 6.07 Å². The van der Waals surface area contributed by atoms with Gasteiger partial charge >= 0.3 is 15.5 Å². The van der Waals surface area contributed by atoms with E-state index in [2.05, 4.69) is 15.6 Å². The van der Waals surface area contributed by atoms with Crippen LogP contribution in [-0.4, -0.2) is 50.4 Å². The fourth-order valence-corrected chi connectivity index (χ4v) is 3.70. The Morgan fingerprint density at radius 3 is 2.50 bits per heavy atom. The number of hydrogen-bond donors (Lipinski definition) is 2. The lowest BCUT2D eigenvalue weighted by Crippen LogP contribution is -2.51. The van der Waals surface area contributed by atoms with Crippen LogP contribution < -0.4 is 10.6 Å². The van der Waals surface area contributed by atoms with E-state index in [1.54, 1.807) is 0 Å². The molecular weight excluding hydrogens is 402 g/mol. The quantitative estimate of drug-likeness (QED) is 0.438. The van der Waals surface area contributed by atoms with E-state index in [0.29, 0.717) is 15.8 Å². The predicted molar refractivity (Wildman–Crippen MR) is 94.0 cm³/mol. The molecule has 1 aromatic carbocycles. The van der Waals surface area contributed by atoms with E-state index >= 15 is 0 Å². The van der Waals surface area contributed by atoms with Crippen molar-refractivity contribution < 1.29 is 26.0 Å². The molecule has 0 unspecified atom stereocenters. The first-order chi connectivity index (χ1) is 13.1. The summed E-state index contributed by atoms with van der Waals surface area (Å²) < 4.78 is 75.0. The number of guanidine groups is 1. The molecule has 1 aliphatic rings. The molecule has 154 valence electrons. The number of nitrogens with zero attached hydrogens (tertiary/aromatic N) is 3. The summed E-state index contributed by atoms with van der Waals surface area (Å²) in [7, 11) is -3.84. The Bertz CT molecular complexity index is 872. The van der Waals surface area contributed by atoms with Crippen molar-refractivity contribution in [1.29, 1.82) is 5.26 Å². The molecule has 1 heterocycles. The van der Waals surface area contributed by atoms with Gasteiger partial charge in [-0.1, -0.05) is 6.07 Å². The van der Waals surface area contributed by atoms with Crippen LogP contribution in [0.4, 0.5) is 17.6 Å². The number of piperidine rings is 1. The Morgan fingerprint density at radius 1 is 1.36 bits per heavy atom. The molecule has 7 nitrogen and oxygen atoms in total. The van der Waals surface area contributed by atoms with E-state index in [9.17, 15) is 26.0 Å². The molecule has 0 aliphatic carbocycles. The number of nitrogens with one attached hydrogen (secondary N) is 2. The SMILES string of the molecule is CN=C(NCc1ccc(C#N)cc1F)NC1CCN(S(=O)(=O)C(F)(F)F)CC1. The molecule has 0 spiro atoms. The lowest BCUT2D eigenvalue weighted by molar-refractivity contribution is -0.0494. The molecular formula is C16H19F4N5O2S. The maximum Gasteiger partial charge on any atom is 0.511 e. The summed E-state index contributed by atoms with van der Waals surface area (Å²) in [6.07, 6.45) is 0.336. The van der Waals surface area contributed by atoms with Crippen molar-refractivity contribution in [2.45, 2.75) is 30.9 Å². The number of benzene rings is 1. The maximum atomic E-state index is 13.9. The molecule has 1 aliphatic heterocycles. The van der Waals surface area contributed by atoms with Crippen LogP contribution in [0.1, 0.15) is 24.0 Å². The highest BCUT2D eigenvalue weighted by molar-refractivity contribution is 7.90. The van der Waals surface area contributed by atoms with Crippen molar-refractivity contribution in [3.8, 4) is 6.07 Å². The van der Waals surface area contributed by atoms with Gasteiger partial charge in [0, 0.05) is 38.3 Å². The minimum Gasteiger partial charge on any atom is -0.354 e. The van der Waals surface area contributed by atoms with Gasteiger partial charge in [0.1, 0.15) is 5.82 Å². The van der Waals surface area contributed by atoms with Gasteiger partial charge in [0.2, 0.25) is 0 Å². The van der Waals surface area contributed by atoms with E-state index in [4.69, 9.17) is 5.26 Å². The lowest BCUT2D eigenvalue weighted by Gasteiger charge is -2.32. The molecule has 2 N–H and O–H groups in total. The first-order valence-electron chi connectivity index (χ1n) is 8.30. The minimum atomic E-state index is -5.32. The van der Waals surface area contributed by atoms with Crippen LogP contribution in [0.2, 0.25) is 0 Å². The van der Waals surface area contributed by atoms with E-state index < -0.39 is 21.3 Å². The summed E-state index contributed by atoms with van der Waals surface area (Å²) >= 11 is 0. The summed E-state index contributed by atoms with van der Waals surface area (Å²) in [5.74, 6) is -0.242. The topological polar surface area (TPSA) is 97.6 Å². The van der Waals surface area contributed by atoms with Gasteiger partial charge in [-0.3, -0.25) is 4.99 Å². The van der Waals surface area contributed by atoms with E-state index in [1.165, 1.54) is 19.2 Å².